The lowest BCUT2D eigenvalue weighted by Gasteiger charge is -2.29. The number of likely N-dealkylation sites (tertiary alicyclic amines) is 1. The molecule has 100 valence electrons. The van der Waals surface area contributed by atoms with Crippen molar-refractivity contribution in [2.75, 3.05) is 33.2 Å². The molecule has 2 saturated heterocycles. The number of rotatable bonds is 2. The average molecular weight is 248 g/mol. The van der Waals surface area contributed by atoms with Gasteiger partial charge < -0.3 is 15.2 Å². The van der Waals surface area contributed by atoms with Crippen LogP contribution in [0.4, 0.5) is 0 Å². The van der Waals surface area contributed by atoms with Gasteiger partial charge in [-0.3, -0.25) is 0 Å². The van der Waals surface area contributed by atoms with Crippen molar-refractivity contribution in [1.29, 1.82) is 0 Å². The van der Waals surface area contributed by atoms with Crippen LogP contribution < -0.4 is 5.32 Å². The number of piperidine rings is 2. The lowest BCUT2D eigenvalue weighted by molar-refractivity contribution is 0.248. The van der Waals surface area contributed by atoms with Crippen molar-refractivity contribution < 1.29 is 0 Å². The molecule has 4 heteroatoms. The van der Waals surface area contributed by atoms with Crippen LogP contribution in [0.25, 0.3) is 0 Å². The summed E-state index contributed by atoms with van der Waals surface area (Å²) in [5.74, 6) is 2.45. The van der Waals surface area contributed by atoms with E-state index in [1.165, 1.54) is 50.3 Å². The van der Waals surface area contributed by atoms with Crippen molar-refractivity contribution in [2.24, 2.45) is 0 Å². The summed E-state index contributed by atoms with van der Waals surface area (Å²) >= 11 is 0. The molecule has 1 aromatic heterocycles. The minimum atomic E-state index is 0.592. The van der Waals surface area contributed by atoms with Crippen LogP contribution in [-0.2, 0) is 0 Å². The van der Waals surface area contributed by atoms with Crippen LogP contribution in [0.1, 0.15) is 49.0 Å². The van der Waals surface area contributed by atoms with Gasteiger partial charge in [-0.2, -0.15) is 0 Å². The van der Waals surface area contributed by atoms with Gasteiger partial charge in [0.05, 0.1) is 0 Å². The lowest BCUT2D eigenvalue weighted by Crippen LogP contribution is -2.31. The summed E-state index contributed by atoms with van der Waals surface area (Å²) in [6.07, 6.45) is 7.22. The molecule has 2 aliphatic heterocycles. The standard InChI is InChI=1S/C14H24N4/c1-18-7-3-5-12(10-18)13-9-16-14(17-13)11-4-2-6-15-8-11/h9,11-12,15H,2-8,10H2,1H3,(H,16,17). The Balaban J connectivity index is 1.68. The van der Waals surface area contributed by atoms with Gasteiger partial charge in [-0.25, -0.2) is 4.98 Å². The van der Waals surface area contributed by atoms with Crippen LogP contribution in [-0.4, -0.2) is 48.1 Å². The van der Waals surface area contributed by atoms with Crippen LogP contribution in [0.15, 0.2) is 6.20 Å². The van der Waals surface area contributed by atoms with Crippen LogP contribution >= 0.6 is 0 Å². The molecule has 2 aliphatic rings. The minimum absolute atomic E-state index is 0.592. The SMILES string of the molecule is CN1CCCC(c2cnc(C3CCCNC3)[nH]2)C1. The number of hydrogen-bond acceptors (Lipinski definition) is 3. The molecule has 3 heterocycles. The Hall–Kier alpha value is -0.870. The molecule has 2 atom stereocenters. The lowest BCUT2D eigenvalue weighted by atomic mass is 9.95. The molecule has 0 amide bonds. The molecule has 0 spiro atoms. The van der Waals surface area contributed by atoms with Gasteiger partial charge in [0.1, 0.15) is 5.82 Å². The zero-order valence-corrected chi connectivity index (χ0v) is 11.3. The summed E-state index contributed by atoms with van der Waals surface area (Å²) in [6, 6.07) is 0. The molecule has 3 rings (SSSR count). The first kappa shape index (κ1) is 12.2. The average Bonchev–Trinajstić information content (AvgIpc) is 2.89. The zero-order chi connectivity index (χ0) is 12.4. The van der Waals surface area contributed by atoms with Crippen molar-refractivity contribution >= 4 is 0 Å². The van der Waals surface area contributed by atoms with E-state index < -0.39 is 0 Å². The van der Waals surface area contributed by atoms with Crippen LogP contribution in [0.5, 0.6) is 0 Å². The smallest absolute Gasteiger partial charge is 0.110 e. The molecule has 1 aromatic rings. The second-order valence-electron chi connectivity index (χ2n) is 5.87. The van der Waals surface area contributed by atoms with Crippen molar-refractivity contribution in [1.82, 2.24) is 20.2 Å². The van der Waals surface area contributed by atoms with E-state index >= 15 is 0 Å². The Morgan fingerprint density at radius 3 is 2.94 bits per heavy atom. The Labute approximate surface area is 109 Å². The number of H-pyrrole nitrogens is 1. The highest BCUT2D eigenvalue weighted by Crippen LogP contribution is 2.27. The second kappa shape index (κ2) is 5.41. The van der Waals surface area contributed by atoms with E-state index in [1.54, 1.807) is 0 Å². The monoisotopic (exact) mass is 248 g/mol. The normalized spacial score (nSPS) is 30.5. The van der Waals surface area contributed by atoms with Gasteiger partial charge in [0.2, 0.25) is 0 Å². The van der Waals surface area contributed by atoms with Crippen LogP contribution in [0.2, 0.25) is 0 Å². The van der Waals surface area contributed by atoms with Crippen molar-refractivity contribution in [2.45, 2.75) is 37.5 Å². The number of hydrogen-bond donors (Lipinski definition) is 2. The predicted molar refractivity (Wildman–Crippen MR) is 72.9 cm³/mol. The first-order valence-electron chi connectivity index (χ1n) is 7.27. The molecule has 2 N–H and O–H groups in total. The summed E-state index contributed by atoms with van der Waals surface area (Å²) < 4.78 is 0. The molecule has 0 aliphatic carbocycles. The van der Waals surface area contributed by atoms with Crippen LogP contribution in [0.3, 0.4) is 0 Å². The molecule has 0 bridgehead atoms. The van der Waals surface area contributed by atoms with E-state index in [4.69, 9.17) is 0 Å². The number of likely N-dealkylation sites (N-methyl/N-ethyl adjacent to an activating group) is 1. The number of aromatic amines is 1. The van der Waals surface area contributed by atoms with Crippen molar-refractivity contribution in [3.63, 3.8) is 0 Å². The molecule has 0 aromatic carbocycles. The summed E-state index contributed by atoms with van der Waals surface area (Å²) in [5.41, 5.74) is 1.35. The third-order valence-corrected chi connectivity index (χ3v) is 4.36. The number of nitrogens with zero attached hydrogens (tertiary/aromatic N) is 2. The maximum absolute atomic E-state index is 4.63. The third kappa shape index (κ3) is 2.59. The molecular formula is C14H24N4. The molecular weight excluding hydrogens is 224 g/mol. The summed E-state index contributed by atoms with van der Waals surface area (Å²) in [6.45, 7) is 4.66. The molecule has 0 saturated carbocycles. The topological polar surface area (TPSA) is 44.0 Å². The number of imidazole rings is 1. The number of aromatic nitrogens is 2. The first-order chi connectivity index (χ1) is 8.83. The largest absolute Gasteiger partial charge is 0.345 e. The fourth-order valence-electron chi connectivity index (χ4n) is 3.27. The molecule has 2 unspecified atom stereocenters. The Morgan fingerprint density at radius 2 is 2.17 bits per heavy atom. The maximum atomic E-state index is 4.63. The zero-order valence-electron chi connectivity index (χ0n) is 11.3. The van der Waals surface area contributed by atoms with Crippen LogP contribution in [0, 0.1) is 0 Å². The Morgan fingerprint density at radius 1 is 1.28 bits per heavy atom. The third-order valence-electron chi connectivity index (χ3n) is 4.36. The van der Waals surface area contributed by atoms with Crippen molar-refractivity contribution in [3.8, 4) is 0 Å². The van der Waals surface area contributed by atoms with E-state index in [2.05, 4.69) is 33.4 Å². The summed E-state index contributed by atoms with van der Waals surface area (Å²) in [5, 5.41) is 3.46. The highest BCUT2D eigenvalue weighted by Gasteiger charge is 2.23. The predicted octanol–water partition coefficient (Wildman–Crippen LogP) is 1.69. The summed E-state index contributed by atoms with van der Waals surface area (Å²) in [4.78, 5) is 10.6. The molecule has 2 fully saturated rings. The van der Waals surface area contributed by atoms with E-state index in [-0.39, 0.29) is 0 Å². The van der Waals surface area contributed by atoms with Crippen molar-refractivity contribution in [3.05, 3.63) is 17.7 Å². The van der Waals surface area contributed by atoms with E-state index in [0.717, 1.165) is 13.1 Å². The summed E-state index contributed by atoms with van der Waals surface area (Å²) in [7, 11) is 2.22. The maximum Gasteiger partial charge on any atom is 0.110 e. The molecule has 4 nitrogen and oxygen atoms in total. The van der Waals surface area contributed by atoms with Gasteiger partial charge in [0.25, 0.3) is 0 Å². The Kier molecular flexibility index (Phi) is 3.66. The minimum Gasteiger partial charge on any atom is -0.345 e. The first-order valence-corrected chi connectivity index (χ1v) is 7.27. The van der Waals surface area contributed by atoms with Gasteiger partial charge in [-0.05, 0) is 45.8 Å². The van der Waals surface area contributed by atoms with Gasteiger partial charge in [0.15, 0.2) is 0 Å². The Bertz CT molecular complexity index is 381. The fourth-order valence-corrected chi connectivity index (χ4v) is 3.27. The highest BCUT2D eigenvalue weighted by atomic mass is 15.1. The quantitative estimate of drug-likeness (QED) is 0.837. The van der Waals surface area contributed by atoms with Gasteiger partial charge >= 0.3 is 0 Å². The van der Waals surface area contributed by atoms with E-state index in [9.17, 15) is 0 Å². The van der Waals surface area contributed by atoms with E-state index in [1.807, 2.05) is 0 Å². The number of nitrogens with one attached hydrogen (secondary N) is 2. The fraction of sp³-hybridized carbons (Fsp3) is 0.786. The molecule has 0 radical (unpaired) electrons. The van der Waals surface area contributed by atoms with Gasteiger partial charge in [0, 0.05) is 36.8 Å². The molecule has 18 heavy (non-hydrogen) atoms. The van der Waals surface area contributed by atoms with Gasteiger partial charge in [-0.15, -0.1) is 0 Å². The van der Waals surface area contributed by atoms with Gasteiger partial charge in [-0.1, -0.05) is 0 Å². The van der Waals surface area contributed by atoms with E-state index in [0.29, 0.717) is 11.8 Å². The highest BCUT2D eigenvalue weighted by molar-refractivity contribution is 5.12. The second-order valence-corrected chi connectivity index (χ2v) is 5.87.